The largest absolute Gasteiger partial charge is 0.203 e. The Morgan fingerprint density at radius 2 is 1.42 bits per heavy atom. The zero-order chi connectivity index (χ0) is 17.3. The fraction of sp³-hybridized carbons (Fsp3) is 0.0526. The Balaban J connectivity index is 2.03. The third-order valence-corrected chi connectivity index (χ3v) is 4.63. The standard InChI is InChI=1S/C19H12F4S/c1-11-6-8-12(9-7-11)16(20)18(22)19(23)17(21)15-10-13-4-2-3-5-14(13)24-15/h2-10H,1H3/b18-16+,19-17+. The Kier molecular flexibility index (Phi) is 4.53. The highest BCUT2D eigenvalue weighted by Crippen LogP contribution is 2.37. The van der Waals surface area contributed by atoms with Gasteiger partial charge in [0.05, 0.1) is 4.88 Å². The van der Waals surface area contributed by atoms with Crippen LogP contribution in [0.4, 0.5) is 17.6 Å². The van der Waals surface area contributed by atoms with Gasteiger partial charge in [0.2, 0.25) is 0 Å². The summed E-state index contributed by atoms with van der Waals surface area (Å²) < 4.78 is 57.1. The summed E-state index contributed by atoms with van der Waals surface area (Å²) in [6.07, 6.45) is 0. The number of thiophene rings is 1. The second-order valence-electron chi connectivity index (χ2n) is 5.27. The minimum absolute atomic E-state index is 0.0828. The summed E-state index contributed by atoms with van der Waals surface area (Å²) >= 11 is 0.976. The van der Waals surface area contributed by atoms with Crippen molar-refractivity contribution in [3.63, 3.8) is 0 Å². The summed E-state index contributed by atoms with van der Waals surface area (Å²) in [5.74, 6) is -6.51. The molecule has 0 aliphatic heterocycles. The molecule has 1 aromatic heterocycles. The van der Waals surface area contributed by atoms with Crippen LogP contribution in [-0.4, -0.2) is 0 Å². The first kappa shape index (κ1) is 16.5. The van der Waals surface area contributed by atoms with Crippen LogP contribution in [-0.2, 0) is 0 Å². The number of hydrogen-bond donors (Lipinski definition) is 0. The molecule has 0 saturated carbocycles. The van der Waals surface area contributed by atoms with E-state index in [0.717, 1.165) is 21.6 Å². The average Bonchev–Trinajstić information content (AvgIpc) is 3.04. The van der Waals surface area contributed by atoms with E-state index in [0.29, 0.717) is 5.39 Å². The molecule has 0 aliphatic carbocycles. The zero-order valence-electron chi connectivity index (χ0n) is 12.6. The van der Waals surface area contributed by atoms with Gasteiger partial charge in [-0.25, -0.2) is 17.6 Å². The Morgan fingerprint density at radius 3 is 2.08 bits per heavy atom. The highest BCUT2D eigenvalue weighted by molar-refractivity contribution is 7.20. The van der Waals surface area contributed by atoms with E-state index in [1.54, 1.807) is 43.3 Å². The quantitative estimate of drug-likeness (QED) is 0.349. The summed E-state index contributed by atoms with van der Waals surface area (Å²) in [6, 6.07) is 14.2. The molecule has 3 aromatic rings. The van der Waals surface area contributed by atoms with Gasteiger partial charge in [-0.05, 0) is 24.4 Å². The molecule has 1 heterocycles. The first-order chi connectivity index (χ1) is 11.5. The third-order valence-electron chi connectivity index (χ3n) is 3.52. The van der Waals surface area contributed by atoms with Crippen LogP contribution in [0.3, 0.4) is 0 Å². The van der Waals surface area contributed by atoms with Crippen LogP contribution < -0.4 is 0 Å². The molecule has 0 aliphatic rings. The summed E-state index contributed by atoms with van der Waals surface area (Å²) in [5, 5.41) is 0.712. The van der Waals surface area contributed by atoms with Crippen molar-refractivity contribution in [3.8, 4) is 0 Å². The van der Waals surface area contributed by atoms with Crippen molar-refractivity contribution < 1.29 is 17.6 Å². The lowest BCUT2D eigenvalue weighted by Crippen LogP contribution is -1.87. The number of benzene rings is 2. The van der Waals surface area contributed by atoms with E-state index in [1.807, 2.05) is 0 Å². The summed E-state index contributed by atoms with van der Waals surface area (Å²) in [7, 11) is 0. The third kappa shape index (κ3) is 3.12. The van der Waals surface area contributed by atoms with Gasteiger partial charge in [0, 0.05) is 10.3 Å². The minimum Gasteiger partial charge on any atom is -0.203 e. The molecular weight excluding hydrogens is 336 g/mol. The smallest absolute Gasteiger partial charge is 0.198 e. The lowest BCUT2D eigenvalue weighted by Gasteiger charge is -2.02. The second kappa shape index (κ2) is 6.61. The molecule has 5 heteroatoms. The van der Waals surface area contributed by atoms with Crippen molar-refractivity contribution in [1.82, 2.24) is 0 Å². The monoisotopic (exact) mass is 348 g/mol. The average molecular weight is 348 g/mol. The number of allylic oxidation sites excluding steroid dienone is 2. The first-order valence-electron chi connectivity index (χ1n) is 7.14. The molecule has 0 amide bonds. The number of fused-ring (bicyclic) bond motifs is 1. The second-order valence-corrected chi connectivity index (χ2v) is 6.35. The minimum atomic E-state index is -1.84. The molecule has 0 spiro atoms. The molecule has 24 heavy (non-hydrogen) atoms. The molecular formula is C19H12F4S. The van der Waals surface area contributed by atoms with Gasteiger partial charge in [-0.15, -0.1) is 11.3 Å². The van der Waals surface area contributed by atoms with Gasteiger partial charge < -0.3 is 0 Å². The van der Waals surface area contributed by atoms with Gasteiger partial charge in [-0.3, -0.25) is 0 Å². The molecule has 3 rings (SSSR count). The fourth-order valence-electron chi connectivity index (χ4n) is 2.22. The van der Waals surface area contributed by atoms with Crippen molar-refractivity contribution in [1.29, 1.82) is 0 Å². The molecule has 0 unspecified atom stereocenters. The van der Waals surface area contributed by atoms with Crippen LogP contribution in [0.15, 0.2) is 66.3 Å². The van der Waals surface area contributed by atoms with Gasteiger partial charge in [0.1, 0.15) is 0 Å². The first-order valence-corrected chi connectivity index (χ1v) is 7.96. The maximum Gasteiger partial charge on any atom is 0.198 e. The Bertz CT molecular complexity index is 916. The highest BCUT2D eigenvalue weighted by Gasteiger charge is 2.21. The number of halogens is 4. The van der Waals surface area contributed by atoms with E-state index in [1.165, 1.54) is 18.2 Å². The number of rotatable bonds is 3. The highest BCUT2D eigenvalue weighted by atomic mass is 32.1. The number of hydrogen-bond acceptors (Lipinski definition) is 1. The van der Waals surface area contributed by atoms with Crippen LogP contribution in [0.2, 0.25) is 0 Å². The van der Waals surface area contributed by atoms with Crippen molar-refractivity contribution in [3.05, 3.63) is 82.3 Å². The maximum absolute atomic E-state index is 14.2. The molecule has 0 fully saturated rings. The molecule has 2 aromatic carbocycles. The SMILES string of the molecule is Cc1ccc(/C(F)=C(F)/C(F)=C(\F)c2cc3ccccc3s2)cc1. The lowest BCUT2D eigenvalue weighted by atomic mass is 10.1. The van der Waals surface area contributed by atoms with E-state index < -0.39 is 23.3 Å². The topological polar surface area (TPSA) is 0 Å². The Labute approximate surface area is 140 Å². The Hall–Kier alpha value is -2.40. The summed E-state index contributed by atoms with van der Waals surface area (Å²) in [5.41, 5.74) is 0.705. The molecule has 0 nitrogen and oxygen atoms in total. The predicted octanol–water partition coefficient (Wildman–Crippen LogP) is 7.13. The van der Waals surface area contributed by atoms with Crippen molar-refractivity contribution in [2.45, 2.75) is 6.92 Å². The van der Waals surface area contributed by atoms with Crippen molar-refractivity contribution in [2.24, 2.45) is 0 Å². The molecule has 0 radical (unpaired) electrons. The predicted molar refractivity (Wildman–Crippen MR) is 91.3 cm³/mol. The van der Waals surface area contributed by atoms with Crippen LogP contribution in [0.25, 0.3) is 21.7 Å². The van der Waals surface area contributed by atoms with E-state index in [-0.39, 0.29) is 10.4 Å². The van der Waals surface area contributed by atoms with Gasteiger partial charge >= 0.3 is 0 Å². The normalized spacial score (nSPS) is 13.7. The van der Waals surface area contributed by atoms with E-state index in [2.05, 4.69) is 0 Å². The van der Waals surface area contributed by atoms with Crippen LogP contribution in [0.5, 0.6) is 0 Å². The van der Waals surface area contributed by atoms with Crippen molar-refractivity contribution >= 4 is 33.1 Å². The summed E-state index contributed by atoms with van der Waals surface area (Å²) in [4.78, 5) is -0.0828. The van der Waals surface area contributed by atoms with Crippen LogP contribution in [0.1, 0.15) is 16.0 Å². The van der Waals surface area contributed by atoms with Crippen LogP contribution in [0, 0.1) is 6.92 Å². The lowest BCUT2D eigenvalue weighted by molar-refractivity contribution is 0.520. The van der Waals surface area contributed by atoms with E-state index in [4.69, 9.17) is 0 Å². The van der Waals surface area contributed by atoms with E-state index >= 15 is 0 Å². The zero-order valence-corrected chi connectivity index (χ0v) is 13.4. The molecule has 122 valence electrons. The molecule has 0 saturated heterocycles. The summed E-state index contributed by atoms with van der Waals surface area (Å²) in [6.45, 7) is 1.78. The van der Waals surface area contributed by atoms with Crippen molar-refractivity contribution in [2.75, 3.05) is 0 Å². The van der Waals surface area contributed by atoms with Gasteiger partial charge in [-0.2, -0.15) is 0 Å². The molecule has 0 bridgehead atoms. The Morgan fingerprint density at radius 1 is 0.792 bits per heavy atom. The van der Waals surface area contributed by atoms with Gasteiger partial charge in [0.15, 0.2) is 23.3 Å². The fourth-order valence-corrected chi connectivity index (χ4v) is 3.21. The van der Waals surface area contributed by atoms with Gasteiger partial charge in [0.25, 0.3) is 0 Å². The van der Waals surface area contributed by atoms with Crippen LogP contribution >= 0.6 is 11.3 Å². The molecule has 0 atom stereocenters. The molecule has 0 N–H and O–H groups in total. The maximum atomic E-state index is 14.2. The number of aryl methyl sites for hydroxylation is 1. The van der Waals surface area contributed by atoms with E-state index in [9.17, 15) is 17.6 Å². The van der Waals surface area contributed by atoms with Gasteiger partial charge in [-0.1, -0.05) is 48.0 Å².